The van der Waals surface area contributed by atoms with Gasteiger partial charge in [0.2, 0.25) is 5.95 Å². The molecule has 0 saturated heterocycles. The second kappa shape index (κ2) is 19.2. The highest BCUT2D eigenvalue weighted by atomic mass is 16.1. The SMILES string of the molecule is CC.CC.CC.CCCC(C)/C(C)=C/C=C(\CC)Nc1ncc2cc(C#N)c(=O)n(C3CCCC3)c2n1. The van der Waals surface area contributed by atoms with E-state index in [1.165, 1.54) is 18.4 Å². The molecule has 1 unspecified atom stereocenters. The summed E-state index contributed by atoms with van der Waals surface area (Å²) in [5.41, 5.74) is 2.88. The van der Waals surface area contributed by atoms with Crippen molar-refractivity contribution in [1.29, 1.82) is 5.26 Å². The highest BCUT2D eigenvalue weighted by molar-refractivity contribution is 5.77. The van der Waals surface area contributed by atoms with Gasteiger partial charge in [-0.2, -0.15) is 10.2 Å². The summed E-state index contributed by atoms with van der Waals surface area (Å²) in [5, 5.41) is 13.4. The number of hydrogen-bond acceptors (Lipinski definition) is 5. The molecule has 0 spiro atoms. The largest absolute Gasteiger partial charge is 0.328 e. The third-order valence-electron chi connectivity index (χ3n) is 6.28. The second-order valence-electron chi connectivity index (χ2n) is 8.53. The summed E-state index contributed by atoms with van der Waals surface area (Å²) in [6.45, 7) is 20.7. The Balaban J connectivity index is 0.00000201. The second-order valence-corrected chi connectivity index (χ2v) is 8.53. The van der Waals surface area contributed by atoms with Crippen molar-refractivity contribution in [3.63, 3.8) is 0 Å². The Morgan fingerprint density at radius 1 is 1.16 bits per heavy atom. The lowest BCUT2D eigenvalue weighted by Gasteiger charge is -2.17. The van der Waals surface area contributed by atoms with E-state index in [9.17, 15) is 10.1 Å². The van der Waals surface area contributed by atoms with E-state index in [0.29, 0.717) is 17.5 Å². The van der Waals surface area contributed by atoms with Crippen LogP contribution >= 0.6 is 0 Å². The van der Waals surface area contributed by atoms with Gasteiger partial charge < -0.3 is 5.32 Å². The van der Waals surface area contributed by atoms with E-state index in [0.717, 1.165) is 43.2 Å². The van der Waals surface area contributed by atoms with Crippen molar-refractivity contribution >= 4 is 17.0 Å². The first-order chi connectivity index (χ1) is 18.0. The smallest absolute Gasteiger partial charge is 0.270 e. The zero-order valence-electron chi connectivity index (χ0n) is 25.1. The van der Waals surface area contributed by atoms with Crippen molar-refractivity contribution < 1.29 is 0 Å². The van der Waals surface area contributed by atoms with Crippen LogP contribution in [0, 0.1) is 17.2 Å². The van der Waals surface area contributed by atoms with Crippen LogP contribution in [0.4, 0.5) is 5.95 Å². The van der Waals surface area contributed by atoms with E-state index in [1.807, 2.05) is 47.6 Å². The summed E-state index contributed by atoms with van der Waals surface area (Å²) in [4.78, 5) is 22.1. The van der Waals surface area contributed by atoms with Crippen molar-refractivity contribution in [3.05, 3.63) is 51.6 Å². The predicted octanol–water partition coefficient (Wildman–Crippen LogP) is 8.95. The maximum Gasteiger partial charge on any atom is 0.270 e. The van der Waals surface area contributed by atoms with Gasteiger partial charge in [0, 0.05) is 23.3 Å². The van der Waals surface area contributed by atoms with Gasteiger partial charge in [0.1, 0.15) is 17.3 Å². The maximum absolute atomic E-state index is 12.9. The fraction of sp³-hybridized carbons (Fsp3) is 0.613. The monoisotopic (exact) mass is 509 g/mol. The maximum atomic E-state index is 12.9. The normalized spacial score (nSPS) is 14.3. The average molecular weight is 510 g/mol. The van der Waals surface area contributed by atoms with E-state index in [4.69, 9.17) is 4.98 Å². The fourth-order valence-electron chi connectivity index (χ4n) is 4.21. The van der Waals surface area contributed by atoms with Crippen molar-refractivity contribution in [2.24, 2.45) is 5.92 Å². The molecule has 1 aliphatic rings. The van der Waals surface area contributed by atoms with Gasteiger partial charge >= 0.3 is 0 Å². The number of rotatable bonds is 8. The highest BCUT2D eigenvalue weighted by Crippen LogP contribution is 2.30. The molecule has 1 saturated carbocycles. The number of fused-ring (bicyclic) bond motifs is 1. The van der Waals surface area contributed by atoms with Crippen molar-refractivity contribution in [2.75, 3.05) is 5.32 Å². The minimum atomic E-state index is -0.249. The number of anilines is 1. The van der Waals surface area contributed by atoms with Crippen LogP contribution in [0.25, 0.3) is 11.0 Å². The summed E-state index contributed by atoms with van der Waals surface area (Å²) in [6, 6.07) is 3.73. The van der Waals surface area contributed by atoms with E-state index >= 15 is 0 Å². The molecule has 0 aliphatic heterocycles. The van der Waals surface area contributed by atoms with Crippen LogP contribution in [-0.2, 0) is 0 Å². The van der Waals surface area contributed by atoms with E-state index < -0.39 is 0 Å². The first kappa shape index (κ1) is 34.1. The van der Waals surface area contributed by atoms with Crippen LogP contribution in [0.5, 0.6) is 0 Å². The summed E-state index contributed by atoms with van der Waals surface area (Å²) in [7, 11) is 0. The van der Waals surface area contributed by atoms with Crippen LogP contribution < -0.4 is 10.9 Å². The Hall–Kier alpha value is -2.94. The number of pyridine rings is 1. The third-order valence-corrected chi connectivity index (χ3v) is 6.28. The molecule has 0 amide bonds. The molecule has 6 heteroatoms. The molecule has 1 aliphatic carbocycles. The fourth-order valence-corrected chi connectivity index (χ4v) is 4.21. The van der Waals surface area contributed by atoms with Gasteiger partial charge in [-0.25, -0.2) is 4.98 Å². The van der Waals surface area contributed by atoms with Crippen LogP contribution in [0.1, 0.15) is 126 Å². The summed E-state index contributed by atoms with van der Waals surface area (Å²) < 4.78 is 1.72. The molecule has 2 aromatic heterocycles. The molecular weight excluding hydrogens is 458 g/mol. The first-order valence-electron chi connectivity index (χ1n) is 14.4. The number of nitrogens with zero attached hydrogens (tertiary/aromatic N) is 4. The Kier molecular flexibility index (Phi) is 17.7. The molecule has 206 valence electrons. The minimum Gasteiger partial charge on any atom is -0.328 e. The van der Waals surface area contributed by atoms with Crippen LogP contribution in [-0.4, -0.2) is 14.5 Å². The van der Waals surface area contributed by atoms with Crippen LogP contribution in [0.2, 0.25) is 0 Å². The summed E-state index contributed by atoms with van der Waals surface area (Å²) in [5.74, 6) is 1.04. The topological polar surface area (TPSA) is 83.6 Å². The lowest BCUT2D eigenvalue weighted by Crippen LogP contribution is -2.26. The van der Waals surface area contributed by atoms with Gasteiger partial charge in [-0.3, -0.25) is 9.36 Å². The average Bonchev–Trinajstić information content (AvgIpc) is 3.48. The summed E-state index contributed by atoms with van der Waals surface area (Å²) >= 11 is 0. The molecule has 37 heavy (non-hydrogen) atoms. The lowest BCUT2D eigenvalue weighted by atomic mass is 9.97. The third kappa shape index (κ3) is 9.80. The standard InChI is InChI=1S/C25H33N5O.3C2H6/c1-5-9-17(3)18(4)12-13-21(6-2)28-25-27-16-20-14-19(15-26)24(31)30(23(20)29-25)22-10-7-8-11-22;3*1-2/h12-14,16-17,22H,5-11H2,1-4H3,(H,27,28,29);3*1-2H3/b18-12+,21-13+;;;. The molecule has 1 atom stereocenters. The van der Waals surface area contributed by atoms with Gasteiger partial charge in [-0.1, -0.05) is 93.2 Å². The Bertz CT molecular complexity index is 1090. The van der Waals surface area contributed by atoms with Crippen molar-refractivity contribution in [2.45, 2.75) is 120 Å². The van der Waals surface area contributed by atoms with Gasteiger partial charge in [-0.05, 0) is 50.7 Å². The zero-order valence-corrected chi connectivity index (χ0v) is 25.1. The number of nitrogens with one attached hydrogen (secondary N) is 1. The van der Waals surface area contributed by atoms with E-state index in [1.54, 1.807) is 16.8 Å². The molecule has 1 N–H and O–H groups in total. The Morgan fingerprint density at radius 2 is 1.78 bits per heavy atom. The quantitative estimate of drug-likeness (QED) is 0.359. The molecular formula is C31H51N5O. The highest BCUT2D eigenvalue weighted by Gasteiger charge is 2.22. The van der Waals surface area contributed by atoms with Crippen LogP contribution in [0.3, 0.4) is 0 Å². The van der Waals surface area contributed by atoms with Crippen molar-refractivity contribution in [3.8, 4) is 6.07 Å². The molecule has 0 radical (unpaired) electrons. The molecule has 0 aromatic carbocycles. The molecule has 1 fully saturated rings. The summed E-state index contributed by atoms with van der Waals surface area (Å²) in [6.07, 6.45) is 13.2. The number of nitriles is 1. The van der Waals surface area contributed by atoms with Gasteiger partial charge in [0.25, 0.3) is 5.56 Å². The van der Waals surface area contributed by atoms with Gasteiger partial charge in [0.05, 0.1) is 0 Å². The van der Waals surface area contributed by atoms with E-state index in [-0.39, 0.29) is 17.2 Å². The molecule has 0 bridgehead atoms. The molecule has 2 aromatic rings. The lowest BCUT2D eigenvalue weighted by molar-refractivity contribution is 0.515. The minimum absolute atomic E-state index is 0.0953. The van der Waals surface area contributed by atoms with Gasteiger partial charge in [0.15, 0.2) is 0 Å². The first-order valence-corrected chi connectivity index (χ1v) is 14.4. The predicted molar refractivity (Wildman–Crippen MR) is 160 cm³/mol. The molecule has 3 rings (SSSR count). The molecule has 6 nitrogen and oxygen atoms in total. The number of allylic oxidation sites excluding steroid dienone is 4. The van der Waals surface area contributed by atoms with Crippen molar-refractivity contribution in [1.82, 2.24) is 14.5 Å². The Morgan fingerprint density at radius 3 is 2.32 bits per heavy atom. The van der Waals surface area contributed by atoms with Gasteiger partial charge in [-0.15, -0.1) is 0 Å². The Labute approximate surface area is 225 Å². The van der Waals surface area contributed by atoms with Crippen LogP contribution in [0.15, 0.2) is 40.5 Å². The number of hydrogen-bond donors (Lipinski definition) is 1. The van der Waals surface area contributed by atoms with E-state index in [2.05, 4.69) is 50.1 Å². The zero-order chi connectivity index (χ0) is 28.4. The number of aromatic nitrogens is 3. The molecule has 2 heterocycles.